The van der Waals surface area contributed by atoms with E-state index in [1.807, 2.05) is 20.8 Å². The molecule has 0 aromatic heterocycles. The average molecular weight is 462 g/mol. The molecule has 30 heavy (non-hydrogen) atoms. The zero-order chi connectivity index (χ0) is 22.5. The topological polar surface area (TPSA) is 85.3 Å². The van der Waals surface area contributed by atoms with Crippen LogP contribution >= 0.6 is 23.2 Å². The Morgan fingerprint density at radius 2 is 1.93 bits per heavy atom. The van der Waals surface area contributed by atoms with E-state index < -0.39 is 18.2 Å². The lowest BCUT2D eigenvalue weighted by Gasteiger charge is -2.34. The Morgan fingerprint density at radius 3 is 2.50 bits per heavy atom. The van der Waals surface area contributed by atoms with Crippen LogP contribution in [0.3, 0.4) is 0 Å². The molecule has 7 nitrogen and oxygen atoms in total. The molecule has 3 atom stereocenters. The number of carbonyl (C=O) groups is 2. The van der Waals surface area contributed by atoms with Crippen LogP contribution in [-0.2, 0) is 19.0 Å². The van der Waals surface area contributed by atoms with E-state index in [4.69, 9.17) is 37.4 Å². The molecule has 1 aliphatic rings. The molecule has 0 saturated carbocycles. The Bertz CT molecular complexity index is 752. The number of carboxylic acid groups (broad SMARTS) is 1. The van der Waals surface area contributed by atoms with E-state index in [0.717, 1.165) is 5.56 Å². The average Bonchev–Trinajstić information content (AvgIpc) is 2.84. The van der Waals surface area contributed by atoms with Gasteiger partial charge in [0.05, 0.1) is 42.0 Å². The van der Waals surface area contributed by atoms with E-state index in [-0.39, 0.29) is 50.3 Å². The van der Waals surface area contributed by atoms with Crippen molar-refractivity contribution in [2.24, 2.45) is 5.41 Å². The third-order valence-corrected chi connectivity index (χ3v) is 5.75. The van der Waals surface area contributed by atoms with Crippen molar-refractivity contribution in [1.29, 1.82) is 0 Å². The zero-order valence-electron chi connectivity index (χ0n) is 17.7. The Kier molecular flexibility index (Phi) is 8.79. The highest BCUT2D eigenvalue weighted by Gasteiger charge is 2.40. The fourth-order valence-electron chi connectivity index (χ4n) is 3.29. The second kappa shape index (κ2) is 10.7. The van der Waals surface area contributed by atoms with E-state index in [0.29, 0.717) is 10.0 Å². The summed E-state index contributed by atoms with van der Waals surface area (Å²) in [6.07, 6.45) is -1.88. The molecule has 9 heteroatoms. The van der Waals surface area contributed by atoms with Gasteiger partial charge in [-0.2, -0.15) is 0 Å². The largest absolute Gasteiger partial charge is 0.465 e. The number of amides is 1. The molecule has 0 bridgehead atoms. The van der Waals surface area contributed by atoms with E-state index in [1.54, 1.807) is 25.1 Å². The maximum absolute atomic E-state index is 11.9. The monoisotopic (exact) mass is 461 g/mol. The van der Waals surface area contributed by atoms with Crippen LogP contribution in [0.25, 0.3) is 0 Å². The summed E-state index contributed by atoms with van der Waals surface area (Å²) in [5.74, 6) is -0.817. The number of carbonyl (C=O) groups excluding carboxylic acids is 1. The van der Waals surface area contributed by atoms with Crippen molar-refractivity contribution in [3.63, 3.8) is 0 Å². The Labute approximate surface area is 187 Å². The SMILES string of the molecule is CCOC(=O)COC[C@@H]1O[C@@H](C(C)(C)C)CN(C(=O)O)C[C@@H]1c1ccc(Cl)c(Cl)c1. The van der Waals surface area contributed by atoms with Crippen LogP contribution in [-0.4, -0.2) is 67.2 Å². The van der Waals surface area contributed by atoms with Crippen LogP contribution < -0.4 is 0 Å². The van der Waals surface area contributed by atoms with E-state index in [2.05, 4.69) is 0 Å². The lowest BCUT2D eigenvalue weighted by molar-refractivity contribution is -0.151. The highest BCUT2D eigenvalue weighted by molar-refractivity contribution is 6.42. The van der Waals surface area contributed by atoms with Crippen LogP contribution in [0, 0.1) is 5.41 Å². The lowest BCUT2D eigenvalue weighted by atomic mass is 9.88. The van der Waals surface area contributed by atoms with E-state index in [1.165, 1.54) is 4.90 Å². The Hall–Kier alpha value is -1.54. The predicted molar refractivity (Wildman–Crippen MR) is 114 cm³/mol. The normalized spacial score (nSPS) is 22.5. The van der Waals surface area contributed by atoms with Crippen molar-refractivity contribution >= 4 is 35.3 Å². The third kappa shape index (κ3) is 6.74. The number of esters is 1. The molecule has 0 radical (unpaired) electrons. The molecular weight excluding hydrogens is 433 g/mol. The predicted octanol–water partition coefficient (Wildman–Crippen LogP) is 4.45. The maximum atomic E-state index is 11.9. The zero-order valence-corrected chi connectivity index (χ0v) is 19.2. The fourth-order valence-corrected chi connectivity index (χ4v) is 3.60. The quantitative estimate of drug-likeness (QED) is 0.629. The molecule has 2 rings (SSSR count). The minimum atomic E-state index is -1.02. The van der Waals surface area contributed by atoms with E-state index in [9.17, 15) is 14.7 Å². The summed E-state index contributed by atoms with van der Waals surface area (Å²) in [5.41, 5.74) is 0.481. The first-order valence-corrected chi connectivity index (χ1v) is 10.6. The number of hydrogen-bond acceptors (Lipinski definition) is 5. The number of rotatable bonds is 6. The van der Waals surface area contributed by atoms with Crippen LogP contribution in [0.1, 0.15) is 39.2 Å². The van der Waals surface area contributed by atoms with Gasteiger partial charge < -0.3 is 24.2 Å². The molecule has 0 spiro atoms. The lowest BCUT2D eigenvalue weighted by Crippen LogP contribution is -2.42. The van der Waals surface area contributed by atoms with Gasteiger partial charge in [0.25, 0.3) is 0 Å². The van der Waals surface area contributed by atoms with E-state index >= 15 is 0 Å². The number of benzene rings is 1. The minimum Gasteiger partial charge on any atom is -0.465 e. The molecule has 168 valence electrons. The molecule has 1 saturated heterocycles. The van der Waals surface area contributed by atoms with Crippen molar-refractivity contribution < 1.29 is 28.9 Å². The molecule has 0 unspecified atom stereocenters. The van der Waals surface area contributed by atoms with Gasteiger partial charge in [-0.1, -0.05) is 50.0 Å². The summed E-state index contributed by atoms with van der Waals surface area (Å²) < 4.78 is 16.9. The molecule has 1 heterocycles. The smallest absolute Gasteiger partial charge is 0.407 e. The molecule has 1 fully saturated rings. The van der Waals surface area contributed by atoms with Gasteiger partial charge in [-0.15, -0.1) is 0 Å². The summed E-state index contributed by atoms with van der Waals surface area (Å²) >= 11 is 12.3. The Morgan fingerprint density at radius 1 is 1.23 bits per heavy atom. The molecule has 1 aliphatic heterocycles. The van der Waals surface area contributed by atoms with Gasteiger partial charge in [-0.25, -0.2) is 9.59 Å². The third-order valence-electron chi connectivity index (χ3n) is 5.01. The fraction of sp³-hybridized carbons (Fsp3) is 0.619. The summed E-state index contributed by atoms with van der Waals surface area (Å²) in [4.78, 5) is 24.9. The molecule has 1 aromatic rings. The van der Waals surface area contributed by atoms with Gasteiger partial charge in [0.2, 0.25) is 0 Å². The summed E-state index contributed by atoms with van der Waals surface area (Å²) in [6.45, 7) is 8.30. The van der Waals surface area contributed by atoms with Gasteiger partial charge in [-0.3, -0.25) is 0 Å². The first-order valence-electron chi connectivity index (χ1n) is 9.84. The van der Waals surface area contributed by atoms with Crippen molar-refractivity contribution in [3.8, 4) is 0 Å². The highest BCUT2D eigenvalue weighted by Crippen LogP contribution is 2.35. The number of halogens is 2. The molecular formula is C21H29Cl2NO6. The molecule has 1 aromatic carbocycles. The van der Waals surface area contributed by atoms with Crippen LogP contribution in [0.15, 0.2) is 18.2 Å². The Balaban J connectivity index is 2.33. The standard InChI is InChI=1S/C21H29Cl2NO6/c1-5-29-19(25)12-28-11-17-14(13-6-7-15(22)16(23)8-13)9-24(20(26)27)10-18(30-17)21(2,3)4/h6-8,14,17-18H,5,9-12H2,1-4H3,(H,26,27)/t14-,17+,18-/m1/s1. The van der Waals surface area contributed by atoms with Gasteiger partial charge >= 0.3 is 12.1 Å². The van der Waals surface area contributed by atoms with Crippen LogP contribution in [0.2, 0.25) is 10.0 Å². The molecule has 0 aliphatic carbocycles. The maximum Gasteiger partial charge on any atom is 0.407 e. The van der Waals surface area contributed by atoms with Gasteiger partial charge in [0, 0.05) is 12.5 Å². The van der Waals surface area contributed by atoms with Gasteiger partial charge in [-0.05, 0) is 30.0 Å². The van der Waals surface area contributed by atoms with Crippen LogP contribution in [0.5, 0.6) is 0 Å². The summed E-state index contributed by atoms with van der Waals surface area (Å²) in [6, 6.07) is 5.19. The van der Waals surface area contributed by atoms with Crippen molar-refractivity contribution in [1.82, 2.24) is 4.90 Å². The van der Waals surface area contributed by atoms with Gasteiger partial charge in [0.15, 0.2) is 0 Å². The summed E-state index contributed by atoms with van der Waals surface area (Å²) in [5, 5.41) is 10.5. The second-order valence-corrected chi connectivity index (χ2v) is 9.13. The van der Waals surface area contributed by atoms with Crippen molar-refractivity contribution in [2.45, 2.75) is 45.8 Å². The first-order chi connectivity index (χ1) is 14.0. The van der Waals surface area contributed by atoms with Crippen LogP contribution in [0.4, 0.5) is 4.79 Å². The first kappa shape index (κ1) is 24.7. The summed E-state index contributed by atoms with van der Waals surface area (Å²) in [7, 11) is 0. The number of hydrogen-bond donors (Lipinski definition) is 1. The number of nitrogens with zero attached hydrogens (tertiary/aromatic N) is 1. The second-order valence-electron chi connectivity index (χ2n) is 8.32. The highest BCUT2D eigenvalue weighted by atomic mass is 35.5. The molecule has 1 amide bonds. The number of ether oxygens (including phenoxy) is 3. The van der Waals surface area contributed by atoms with Crippen molar-refractivity contribution in [2.75, 3.05) is 32.9 Å². The molecule has 1 N–H and O–H groups in total. The minimum absolute atomic E-state index is 0.101. The van der Waals surface area contributed by atoms with Crippen molar-refractivity contribution in [3.05, 3.63) is 33.8 Å². The van der Waals surface area contributed by atoms with Gasteiger partial charge in [0.1, 0.15) is 6.61 Å².